The molecule has 4 N–H and O–H groups in total. The Bertz CT molecular complexity index is 666. The van der Waals surface area contributed by atoms with E-state index in [1.54, 1.807) is 0 Å². The maximum Gasteiger partial charge on any atom is 0.351 e. The van der Waals surface area contributed by atoms with E-state index in [0.717, 1.165) is 4.57 Å². The summed E-state index contributed by atoms with van der Waals surface area (Å²) in [5.41, 5.74) is 2.42. The van der Waals surface area contributed by atoms with E-state index < -0.39 is 36.4 Å². The van der Waals surface area contributed by atoms with E-state index >= 15 is 4.39 Å². The topological polar surface area (TPSA) is 111 Å². The number of anilines is 1. The van der Waals surface area contributed by atoms with Crippen LogP contribution in [0.5, 0.6) is 0 Å². The van der Waals surface area contributed by atoms with Gasteiger partial charge in [-0.1, -0.05) is 5.92 Å². The van der Waals surface area contributed by atoms with Gasteiger partial charge in [-0.05, 0) is 19.9 Å². The van der Waals surface area contributed by atoms with Crippen molar-refractivity contribution in [1.82, 2.24) is 9.55 Å². The molecule has 1 aromatic rings. The lowest BCUT2D eigenvalue weighted by atomic mass is 9.96. The second-order valence-electron chi connectivity index (χ2n) is 4.77. The maximum atomic E-state index is 15.1. The van der Waals surface area contributed by atoms with E-state index in [9.17, 15) is 9.90 Å². The van der Waals surface area contributed by atoms with Crippen molar-refractivity contribution in [3.8, 4) is 11.8 Å². The van der Waals surface area contributed by atoms with E-state index in [2.05, 4.69) is 16.8 Å². The SMILES string of the molecule is CC#CC1(F)[C@@H](O)[C@@H](CO)O[C@H]1n1c(C)cc(N)nc1=O. The number of alkyl halides is 1. The summed E-state index contributed by atoms with van der Waals surface area (Å²) in [5, 5.41) is 19.1. The molecule has 0 aliphatic carbocycles. The van der Waals surface area contributed by atoms with Crippen LogP contribution in [-0.4, -0.2) is 44.2 Å². The molecule has 0 radical (unpaired) electrons. The van der Waals surface area contributed by atoms with Crippen molar-refractivity contribution in [1.29, 1.82) is 0 Å². The Morgan fingerprint density at radius 1 is 1.67 bits per heavy atom. The average molecular weight is 297 g/mol. The zero-order valence-electron chi connectivity index (χ0n) is 11.6. The van der Waals surface area contributed by atoms with Gasteiger partial charge in [0.25, 0.3) is 0 Å². The molecule has 1 aromatic heterocycles. The Balaban J connectivity index is 2.61. The lowest BCUT2D eigenvalue weighted by molar-refractivity contribution is -0.0551. The summed E-state index contributed by atoms with van der Waals surface area (Å²) in [6.07, 6.45) is -4.40. The summed E-state index contributed by atoms with van der Waals surface area (Å²) in [7, 11) is 0. The molecule has 0 aromatic carbocycles. The fraction of sp³-hybridized carbons (Fsp3) is 0.538. The van der Waals surface area contributed by atoms with Crippen LogP contribution in [0.2, 0.25) is 0 Å². The first-order valence-electron chi connectivity index (χ1n) is 6.28. The van der Waals surface area contributed by atoms with Crippen LogP contribution in [0.3, 0.4) is 0 Å². The van der Waals surface area contributed by atoms with E-state index in [1.165, 1.54) is 19.9 Å². The van der Waals surface area contributed by atoms with Crippen molar-refractivity contribution >= 4 is 5.82 Å². The largest absolute Gasteiger partial charge is 0.394 e. The van der Waals surface area contributed by atoms with Crippen molar-refractivity contribution in [2.45, 2.75) is 38.0 Å². The minimum absolute atomic E-state index is 0.00274. The van der Waals surface area contributed by atoms with Gasteiger partial charge in [0, 0.05) is 5.69 Å². The fourth-order valence-electron chi connectivity index (χ4n) is 2.39. The monoisotopic (exact) mass is 297 g/mol. The molecule has 0 spiro atoms. The summed E-state index contributed by atoms with van der Waals surface area (Å²) in [6, 6.07) is 1.38. The highest BCUT2D eigenvalue weighted by atomic mass is 19.1. The van der Waals surface area contributed by atoms with Crippen LogP contribution in [0.25, 0.3) is 0 Å². The summed E-state index contributed by atoms with van der Waals surface area (Å²) >= 11 is 0. The molecule has 1 unspecified atom stereocenters. The number of hydrogen-bond donors (Lipinski definition) is 3. The molecule has 0 saturated carbocycles. The normalized spacial score (nSPS) is 31.8. The molecule has 4 atom stereocenters. The minimum Gasteiger partial charge on any atom is -0.394 e. The van der Waals surface area contributed by atoms with Crippen LogP contribution in [-0.2, 0) is 4.74 Å². The summed E-state index contributed by atoms with van der Waals surface area (Å²) < 4.78 is 21.3. The number of hydrogen-bond acceptors (Lipinski definition) is 6. The number of ether oxygens (including phenoxy) is 1. The number of aliphatic hydroxyl groups is 2. The Morgan fingerprint density at radius 3 is 2.86 bits per heavy atom. The third-order valence-electron chi connectivity index (χ3n) is 3.34. The molecular weight excluding hydrogens is 281 g/mol. The first-order chi connectivity index (χ1) is 9.85. The van der Waals surface area contributed by atoms with Crippen LogP contribution in [0.1, 0.15) is 18.8 Å². The van der Waals surface area contributed by atoms with E-state index in [1.807, 2.05) is 0 Å². The Hall–Kier alpha value is -1.95. The summed E-state index contributed by atoms with van der Waals surface area (Å²) in [5.74, 6) is 4.60. The third kappa shape index (κ3) is 2.40. The van der Waals surface area contributed by atoms with E-state index in [0.29, 0.717) is 5.69 Å². The number of nitrogen functional groups attached to an aromatic ring is 1. The van der Waals surface area contributed by atoms with E-state index in [4.69, 9.17) is 15.6 Å². The van der Waals surface area contributed by atoms with Gasteiger partial charge in [-0.2, -0.15) is 4.98 Å². The van der Waals surface area contributed by atoms with Gasteiger partial charge in [0.2, 0.25) is 5.67 Å². The van der Waals surface area contributed by atoms with Crippen LogP contribution in [0, 0.1) is 18.8 Å². The highest BCUT2D eigenvalue weighted by molar-refractivity contribution is 5.30. The zero-order valence-corrected chi connectivity index (χ0v) is 11.6. The van der Waals surface area contributed by atoms with Gasteiger partial charge in [0.15, 0.2) is 6.23 Å². The molecule has 7 nitrogen and oxygen atoms in total. The second-order valence-corrected chi connectivity index (χ2v) is 4.77. The number of aromatic nitrogens is 2. The maximum absolute atomic E-state index is 15.1. The van der Waals surface area contributed by atoms with Crippen molar-refractivity contribution in [3.63, 3.8) is 0 Å². The molecule has 21 heavy (non-hydrogen) atoms. The Labute approximate surface area is 120 Å². The molecule has 0 bridgehead atoms. The van der Waals surface area contributed by atoms with Crippen molar-refractivity contribution in [2.75, 3.05) is 12.3 Å². The number of aliphatic hydroxyl groups excluding tert-OH is 2. The van der Waals surface area contributed by atoms with Gasteiger partial charge in [-0.3, -0.25) is 4.57 Å². The number of nitrogens with zero attached hydrogens (tertiary/aromatic N) is 2. The van der Waals surface area contributed by atoms with Gasteiger partial charge >= 0.3 is 5.69 Å². The molecular formula is C13H16FN3O4. The van der Waals surface area contributed by atoms with Crippen LogP contribution in [0.4, 0.5) is 10.2 Å². The average Bonchev–Trinajstić information content (AvgIpc) is 2.63. The van der Waals surface area contributed by atoms with Crippen LogP contribution < -0.4 is 11.4 Å². The molecule has 2 rings (SSSR count). The van der Waals surface area contributed by atoms with Gasteiger partial charge < -0.3 is 20.7 Å². The molecule has 1 fully saturated rings. The van der Waals surface area contributed by atoms with Gasteiger partial charge in [-0.15, -0.1) is 5.92 Å². The highest BCUT2D eigenvalue weighted by Crippen LogP contribution is 2.41. The van der Waals surface area contributed by atoms with Gasteiger partial charge in [0.05, 0.1) is 6.61 Å². The Morgan fingerprint density at radius 2 is 2.33 bits per heavy atom. The number of halogens is 1. The lowest BCUT2D eigenvalue weighted by Crippen LogP contribution is -2.45. The van der Waals surface area contributed by atoms with Crippen LogP contribution >= 0.6 is 0 Å². The summed E-state index contributed by atoms with van der Waals surface area (Å²) in [4.78, 5) is 15.5. The molecule has 1 aliphatic rings. The molecule has 114 valence electrons. The Kier molecular flexibility index (Phi) is 4.00. The lowest BCUT2D eigenvalue weighted by Gasteiger charge is -2.25. The third-order valence-corrected chi connectivity index (χ3v) is 3.34. The molecule has 0 amide bonds. The minimum atomic E-state index is -2.53. The number of rotatable bonds is 2. The number of nitrogens with two attached hydrogens (primary N) is 1. The van der Waals surface area contributed by atoms with Gasteiger partial charge in [0.1, 0.15) is 18.0 Å². The predicted octanol–water partition coefficient (Wildman–Crippen LogP) is -0.884. The molecule has 8 heteroatoms. The zero-order chi connectivity index (χ0) is 15.8. The van der Waals surface area contributed by atoms with Crippen molar-refractivity contribution < 1.29 is 19.3 Å². The van der Waals surface area contributed by atoms with Gasteiger partial charge in [-0.25, -0.2) is 9.18 Å². The second kappa shape index (κ2) is 5.44. The molecule has 1 saturated heterocycles. The fourth-order valence-corrected chi connectivity index (χ4v) is 2.39. The quantitative estimate of drug-likeness (QED) is 0.611. The van der Waals surface area contributed by atoms with E-state index in [-0.39, 0.29) is 5.82 Å². The highest BCUT2D eigenvalue weighted by Gasteiger charge is 2.58. The first kappa shape index (κ1) is 15.4. The van der Waals surface area contributed by atoms with Crippen molar-refractivity contribution in [3.05, 3.63) is 22.2 Å². The predicted molar refractivity (Wildman–Crippen MR) is 71.9 cm³/mol. The smallest absolute Gasteiger partial charge is 0.351 e. The standard InChI is InChI=1S/C13H16FN3O4/c1-3-4-13(14)10(19)8(6-18)21-11(13)17-7(2)5-9(15)16-12(17)20/h5,8,10-11,18-19H,6H2,1-2H3,(H2,15,16,20)/t8-,10+,11-,13?/m1/s1. The van der Waals surface area contributed by atoms with Crippen LogP contribution in [0.15, 0.2) is 10.9 Å². The van der Waals surface area contributed by atoms with Crippen molar-refractivity contribution in [2.24, 2.45) is 0 Å². The molecule has 2 heterocycles. The first-order valence-corrected chi connectivity index (χ1v) is 6.28. The number of aryl methyl sites for hydroxylation is 1. The summed E-state index contributed by atoms with van der Waals surface area (Å²) in [6.45, 7) is 2.32. The molecule has 1 aliphatic heterocycles.